The van der Waals surface area contributed by atoms with E-state index in [9.17, 15) is 4.57 Å². The second-order valence-electron chi connectivity index (χ2n) is 5.50. The molecule has 0 spiro atoms. The second-order valence-corrected chi connectivity index (χ2v) is 7.78. The van der Waals surface area contributed by atoms with Gasteiger partial charge in [-0.25, -0.2) is 0 Å². The Morgan fingerprint density at radius 3 is 2.36 bits per heavy atom. The highest BCUT2D eigenvalue weighted by Gasteiger charge is 2.37. The maximum absolute atomic E-state index is 13.7. The molecule has 3 aromatic carbocycles. The van der Waals surface area contributed by atoms with Crippen LogP contribution in [-0.4, -0.2) is 0 Å². The summed E-state index contributed by atoms with van der Waals surface area (Å²) < 4.78 is 19.7. The van der Waals surface area contributed by atoms with Gasteiger partial charge in [0.25, 0.3) is 0 Å². The Labute approximate surface area is 129 Å². The Morgan fingerprint density at radius 2 is 1.55 bits per heavy atom. The van der Waals surface area contributed by atoms with Gasteiger partial charge in [0.2, 0.25) is 0 Å². The highest BCUT2D eigenvalue weighted by atomic mass is 31.2. The first-order valence-electron chi connectivity index (χ1n) is 7.24. The molecule has 0 saturated heterocycles. The zero-order chi connectivity index (χ0) is 15.2. The van der Waals surface area contributed by atoms with Gasteiger partial charge in [-0.3, -0.25) is 4.57 Å². The molecule has 3 aromatic rings. The normalized spacial score (nSPS) is 19.0. The van der Waals surface area contributed by atoms with Gasteiger partial charge in [0.05, 0.1) is 10.6 Å². The number of fused-ring (bicyclic) bond motifs is 3. The molecular weight excluding hydrogens is 291 g/mol. The van der Waals surface area contributed by atoms with Crippen molar-refractivity contribution >= 4 is 18.0 Å². The van der Waals surface area contributed by atoms with Crippen LogP contribution in [0.2, 0.25) is 0 Å². The molecule has 0 amide bonds. The summed E-state index contributed by atoms with van der Waals surface area (Å²) in [5.41, 5.74) is 3.17. The molecule has 1 unspecified atom stereocenters. The maximum atomic E-state index is 13.7. The van der Waals surface area contributed by atoms with E-state index in [1.807, 2.05) is 73.7 Å². The molecule has 0 aromatic heterocycles. The Bertz CT molecular complexity index is 900. The molecule has 4 rings (SSSR count). The third kappa shape index (κ3) is 1.92. The molecule has 1 atom stereocenters. The van der Waals surface area contributed by atoms with Crippen molar-refractivity contribution in [3.05, 3.63) is 78.4 Å². The number of hydrogen-bond acceptors (Lipinski definition) is 2. The lowest BCUT2D eigenvalue weighted by molar-refractivity contribution is 0.501. The fraction of sp³-hybridized carbons (Fsp3) is 0.0526. The molecule has 0 bridgehead atoms. The van der Waals surface area contributed by atoms with E-state index in [4.69, 9.17) is 4.52 Å². The van der Waals surface area contributed by atoms with Crippen molar-refractivity contribution in [2.24, 2.45) is 0 Å². The van der Waals surface area contributed by atoms with Gasteiger partial charge in [0.15, 0.2) is 0 Å². The van der Waals surface area contributed by atoms with Crippen LogP contribution in [0.1, 0.15) is 5.56 Å². The predicted octanol–water partition coefficient (Wildman–Crippen LogP) is 4.28. The molecule has 1 aliphatic rings. The van der Waals surface area contributed by atoms with E-state index in [1.54, 1.807) is 0 Å². The van der Waals surface area contributed by atoms with Crippen molar-refractivity contribution in [1.82, 2.24) is 0 Å². The van der Waals surface area contributed by atoms with Crippen LogP contribution in [-0.2, 0) is 4.57 Å². The van der Waals surface area contributed by atoms with E-state index in [1.165, 1.54) is 0 Å². The molecule has 2 nitrogen and oxygen atoms in total. The summed E-state index contributed by atoms with van der Waals surface area (Å²) in [4.78, 5) is 0. The Morgan fingerprint density at radius 1 is 0.818 bits per heavy atom. The van der Waals surface area contributed by atoms with Crippen LogP contribution in [0, 0.1) is 6.92 Å². The molecule has 108 valence electrons. The quantitative estimate of drug-likeness (QED) is 0.627. The summed E-state index contributed by atoms with van der Waals surface area (Å²) in [6.07, 6.45) is 0. The van der Waals surface area contributed by atoms with Gasteiger partial charge in [-0.2, -0.15) is 0 Å². The van der Waals surface area contributed by atoms with Gasteiger partial charge in [-0.15, -0.1) is 0 Å². The molecule has 0 fully saturated rings. The average Bonchev–Trinajstić information content (AvgIpc) is 2.57. The molecular formula is C19H15O2P. The minimum atomic E-state index is -3.10. The highest BCUT2D eigenvalue weighted by Crippen LogP contribution is 2.53. The Balaban J connectivity index is 2.03. The van der Waals surface area contributed by atoms with E-state index in [0.717, 1.165) is 27.3 Å². The van der Waals surface area contributed by atoms with Crippen molar-refractivity contribution in [2.75, 3.05) is 0 Å². The third-order valence-corrected chi connectivity index (χ3v) is 6.43. The van der Waals surface area contributed by atoms with Crippen LogP contribution in [0.4, 0.5) is 0 Å². The number of rotatable bonds is 1. The van der Waals surface area contributed by atoms with Crippen molar-refractivity contribution in [3.8, 4) is 16.9 Å². The number of hydrogen-bond donors (Lipinski definition) is 0. The van der Waals surface area contributed by atoms with Crippen LogP contribution >= 0.6 is 7.37 Å². The van der Waals surface area contributed by atoms with E-state index in [0.29, 0.717) is 5.75 Å². The Kier molecular flexibility index (Phi) is 2.95. The SMILES string of the molecule is Cc1ccc2c(c1)-c1ccccc1P(=O)(c1ccccc1)O2. The van der Waals surface area contributed by atoms with Gasteiger partial charge in [0, 0.05) is 5.56 Å². The topological polar surface area (TPSA) is 26.3 Å². The minimum Gasteiger partial charge on any atom is -0.436 e. The summed E-state index contributed by atoms with van der Waals surface area (Å²) in [5.74, 6) is 0.691. The lowest BCUT2D eigenvalue weighted by atomic mass is 10.0. The third-order valence-electron chi connectivity index (χ3n) is 3.97. The summed E-state index contributed by atoms with van der Waals surface area (Å²) in [7, 11) is -3.10. The van der Waals surface area contributed by atoms with Gasteiger partial charge in [-0.1, -0.05) is 48.0 Å². The fourth-order valence-corrected chi connectivity index (χ4v) is 5.17. The molecule has 0 N–H and O–H groups in total. The van der Waals surface area contributed by atoms with Gasteiger partial charge in [0.1, 0.15) is 5.75 Å². The van der Waals surface area contributed by atoms with E-state index < -0.39 is 7.37 Å². The summed E-state index contributed by atoms with van der Waals surface area (Å²) >= 11 is 0. The van der Waals surface area contributed by atoms with Crippen LogP contribution in [0.25, 0.3) is 11.1 Å². The highest BCUT2D eigenvalue weighted by molar-refractivity contribution is 7.75. The monoisotopic (exact) mass is 306 g/mol. The summed E-state index contributed by atoms with van der Waals surface area (Å²) in [5, 5.41) is 1.51. The number of benzene rings is 3. The molecule has 22 heavy (non-hydrogen) atoms. The van der Waals surface area contributed by atoms with Gasteiger partial charge in [-0.05, 0) is 42.8 Å². The zero-order valence-corrected chi connectivity index (χ0v) is 13.1. The standard InChI is InChI=1S/C19H15O2P/c1-14-11-12-18-17(13-14)16-9-5-6-10-19(16)22(20,21-18)15-7-3-2-4-8-15/h2-13H,1H3. The van der Waals surface area contributed by atoms with E-state index >= 15 is 0 Å². The van der Waals surface area contributed by atoms with Crippen LogP contribution in [0.3, 0.4) is 0 Å². The first-order valence-corrected chi connectivity index (χ1v) is 8.87. The fourth-order valence-electron chi connectivity index (χ4n) is 2.90. The largest absolute Gasteiger partial charge is 0.436 e. The zero-order valence-electron chi connectivity index (χ0n) is 12.2. The lowest BCUT2D eigenvalue weighted by Crippen LogP contribution is -2.25. The predicted molar refractivity (Wildman–Crippen MR) is 90.6 cm³/mol. The first kappa shape index (κ1) is 13.4. The van der Waals surface area contributed by atoms with Crippen molar-refractivity contribution in [2.45, 2.75) is 6.92 Å². The molecule has 1 aliphatic heterocycles. The maximum Gasteiger partial charge on any atom is 0.307 e. The van der Waals surface area contributed by atoms with Crippen molar-refractivity contribution in [1.29, 1.82) is 0 Å². The van der Waals surface area contributed by atoms with E-state index in [-0.39, 0.29) is 0 Å². The van der Waals surface area contributed by atoms with Crippen molar-refractivity contribution in [3.63, 3.8) is 0 Å². The molecule has 0 radical (unpaired) electrons. The second kappa shape index (κ2) is 4.86. The van der Waals surface area contributed by atoms with E-state index in [2.05, 4.69) is 6.07 Å². The Hall–Kier alpha value is -2.31. The molecule has 1 heterocycles. The van der Waals surface area contributed by atoms with Gasteiger partial charge < -0.3 is 4.52 Å². The summed E-state index contributed by atoms with van der Waals surface area (Å²) in [6, 6.07) is 23.3. The molecule has 0 aliphatic carbocycles. The van der Waals surface area contributed by atoms with Gasteiger partial charge >= 0.3 is 7.37 Å². The number of aryl methyl sites for hydroxylation is 1. The average molecular weight is 306 g/mol. The lowest BCUT2D eigenvalue weighted by Gasteiger charge is -2.29. The minimum absolute atomic E-state index is 0.691. The molecule has 3 heteroatoms. The summed E-state index contributed by atoms with van der Waals surface area (Å²) in [6.45, 7) is 2.05. The van der Waals surface area contributed by atoms with Crippen molar-refractivity contribution < 1.29 is 9.09 Å². The van der Waals surface area contributed by atoms with Crippen LogP contribution in [0.5, 0.6) is 5.75 Å². The molecule has 0 saturated carbocycles. The van der Waals surface area contributed by atoms with Crippen LogP contribution < -0.4 is 15.1 Å². The smallest absolute Gasteiger partial charge is 0.307 e. The first-order chi connectivity index (χ1) is 10.7. The van der Waals surface area contributed by atoms with Crippen LogP contribution in [0.15, 0.2) is 72.8 Å².